The Morgan fingerprint density at radius 2 is 2.25 bits per heavy atom. The van der Waals surface area contributed by atoms with Gasteiger partial charge >= 0.3 is 0 Å². The van der Waals surface area contributed by atoms with Gasteiger partial charge in [-0.15, -0.1) is 0 Å². The summed E-state index contributed by atoms with van der Waals surface area (Å²) in [5.74, 6) is 1.34. The molecule has 20 heavy (non-hydrogen) atoms. The number of aryl methyl sites for hydroxylation is 1. The summed E-state index contributed by atoms with van der Waals surface area (Å²) >= 11 is 0. The molecule has 0 saturated carbocycles. The normalized spacial score (nSPS) is 15.8. The van der Waals surface area contributed by atoms with Crippen LogP contribution < -0.4 is 10.2 Å². The van der Waals surface area contributed by atoms with E-state index in [1.165, 1.54) is 0 Å². The van der Waals surface area contributed by atoms with E-state index in [1.54, 1.807) is 13.1 Å². The summed E-state index contributed by atoms with van der Waals surface area (Å²) in [6, 6.07) is 4.12. The molecular formula is C15H20N4O. The second-order valence-corrected chi connectivity index (χ2v) is 5.31. The lowest BCUT2D eigenvalue weighted by atomic mass is 9.96. The lowest BCUT2D eigenvalue weighted by Gasteiger charge is -2.33. The van der Waals surface area contributed by atoms with Crippen LogP contribution in [0.3, 0.4) is 0 Å². The fraction of sp³-hybridized carbons (Fsp3) is 0.533. The van der Waals surface area contributed by atoms with E-state index in [2.05, 4.69) is 21.3 Å². The average Bonchev–Trinajstić information content (AvgIpc) is 2.45. The Labute approximate surface area is 119 Å². The van der Waals surface area contributed by atoms with Gasteiger partial charge in [0, 0.05) is 32.8 Å². The van der Waals surface area contributed by atoms with Crippen molar-refractivity contribution in [3.63, 3.8) is 0 Å². The van der Waals surface area contributed by atoms with Crippen LogP contribution in [-0.2, 0) is 4.79 Å². The van der Waals surface area contributed by atoms with Gasteiger partial charge in [-0.05, 0) is 37.3 Å². The lowest BCUT2D eigenvalue weighted by molar-refractivity contribution is -0.119. The molecule has 0 unspecified atom stereocenters. The highest BCUT2D eigenvalue weighted by Crippen LogP contribution is 2.25. The topological polar surface area (TPSA) is 69.0 Å². The number of nitrogens with zero attached hydrogens (tertiary/aromatic N) is 3. The number of hydrogen-bond acceptors (Lipinski definition) is 4. The molecule has 1 aromatic rings. The molecule has 2 heterocycles. The van der Waals surface area contributed by atoms with E-state index in [-0.39, 0.29) is 5.91 Å². The van der Waals surface area contributed by atoms with Gasteiger partial charge in [-0.2, -0.15) is 5.26 Å². The van der Waals surface area contributed by atoms with Crippen LogP contribution in [0.15, 0.2) is 12.3 Å². The van der Waals surface area contributed by atoms with Crippen LogP contribution >= 0.6 is 0 Å². The van der Waals surface area contributed by atoms with Crippen molar-refractivity contribution in [2.24, 2.45) is 5.92 Å². The van der Waals surface area contributed by atoms with Crippen molar-refractivity contribution < 1.29 is 4.79 Å². The first-order valence-corrected chi connectivity index (χ1v) is 6.97. The van der Waals surface area contributed by atoms with Crippen LogP contribution in [0.2, 0.25) is 0 Å². The van der Waals surface area contributed by atoms with Crippen LogP contribution in [0.5, 0.6) is 0 Å². The molecule has 1 fully saturated rings. The van der Waals surface area contributed by atoms with Gasteiger partial charge in [-0.3, -0.25) is 4.79 Å². The molecule has 0 radical (unpaired) electrons. The smallest absolute Gasteiger partial charge is 0.216 e. The fourth-order valence-corrected chi connectivity index (χ4v) is 2.56. The molecule has 1 amide bonds. The average molecular weight is 272 g/mol. The number of pyridine rings is 1. The Hall–Kier alpha value is -2.09. The minimum atomic E-state index is 0.0274. The Bertz CT molecular complexity index is 527. The van der Waals surface area contributed by atoms with Gasteiger partial charge in [0.25, 0.3) is 0 Å². The minimum absolute atomic E-state index is 0.0274. The maximum Gasteiger partial charge on any atom is 0.216 e. The van der Waals surface area contributed by atoms with Crippen LogP contribution in [0.25, 0.3) is 0 Å². The molecule has 1 aliphatic heterocycles. The third kappa shape index (κ3) is 3.27. The molecule has 1 saturated heterocycles. The number of piperidine rings is 1. The van der Waals surface area contributed by atoms with Gasteiger partial charge in [0.05, 0.1) is 5.56 Å². The Kier molecular flexibility index (Phi) is 4.57. The van der Waals surface area contributed by atoms with Gasteiger partial charge in [-0.1, -0.05) is 0 Å². The molecule has 1 aliphatic rings. The molecule has 5 heteroatoms. The summed E-state index contributed by atoms with van der Waals surface area (Å²) in [5, 5.41) is 12.1. The van der Waals surface area contributed by atoms with Crippen molar-refractivity contribution in [2.45, 2.75) is 26.7 Å². The molecule has 0 atom stereocenters. The van der Waals surface area contributed by atoms with E-state index < -0.39 is 0 Å². The van der Waals surface area contributed by atoms with Crippen LogP contribution in [-0.4, -0.2) is 30.5 Å². The van der Waals surface area contributed by atoms with E-state index in [0.29, 0.717) is 11.5 Å². The number of rotatable bonds is 3. The summed E-state index contributed by atoms with van der Waals surface area (Å²) in [5.41, 5.74) is 1.64. The summed E-state index contributed by atoms with van der Waals surface area (Å²) < 4.78 is 0. The zero-order valence-electron chi connectivity index (χ0n) is 12.0. The first-order chi connectivity index (χ1) is 9.61. The van der Waals surface area contributed by atoms with Gasteiger partial charge in [0.1, 0.15) is 11.9 Å². The van der Waals surface area contributed by atoms with Crippen molar-refractivity contribution in [1.82, 2.24) is 10.3 Å². The zero-order chi connectivity index (χ0) is 14.5. The molecular weight excluding hydrogens is 252 g/mol. The molecule has 0 aromatic carbocycles. The predicted octanol–water partition coefficient (Wildman–Crippen LogP) is 1.61. The Morgan fingerprint density at radius 1 is 1.55 bits per heavy atom. The van der Waals surface area contributed by atoms with Crippen LogP contribution in [0.4, 0.5) is 5.82 Å². The molecule has 0 aliphatic carbocycles. The van der Waals surface area contributed by atoms with Gasteiger partial charge < -0.3 is 10.2 Å². The number of anilines is 1. The van der Waals surface area contributed by atoms with Gasteiger partial charge in [0.2, 0.25) is 5.91 Å². The number of aromatic nitrogens is 1. The summed E-state index contributed by atoms with van der Waals surface area (Å²) in [7, 11) is 0. The largest absolute Gasteiger partial charge is 0.356 e. The third-order valence-electron chi connectivity index (χ3n) is 3.80. The van der Waals surface area contributed by atoms with E-state index in [9.17, 15) is 10.1 Å². The second-order valence-electron chi connectivity index (χ2n) is 5.31. The molecule has 1 N–H and O–H groups in total. The van der Waals surface area contributed by atoms with E-state index in [1.807, 2.05) is 13.0 Å². The van der Waals surface area contributed by atoms with Gasteiger partial charge in [-0.25, -0.2) is 4.98 Å². The molecule has 0 spiro atoms. The standard InChI is InChI=1S/C15H20N4O/c1-11-3-6-17-15(14(11)9-16)19-7-4-13(5-8-19)10-18-12(2)20/h3,6,13H,4-5,7-8,10H2,1-2H3,(H,18,20). The zero-order valence-corrected chi connectivity index (χ0v) is 12.0. The maximum atomic E-state index is 10.9. The van der Waals surface area contributed by atoms with Crippen molar-refractivity contribution in [3.05, 3.63) is 23.4 Å². The first kappa shape index (κ1) is 14.3. The quantitative estimate of drug-likeness (QED) is 0.907. The van der Waals surface area contributed by atoms with Crippen LogP contribution in [0, 0.1) is 24.2 Å². The predicted molar refractivity (Wildman–Crippen MR) is 77.3 cm³/mol. The molecule has 1 aromatic heterocycles. The van der Waals surface area contributed by atoms with E-state index in [4.69, 9.17) is 0 Å². The number of carbonyl (C=O) groups is 1. The van der Waals surface area contributed by atoms with Crippen molar-refractivity contribution in [1.29, 1.82) is 5.26 Å². The molecule has 5 nitrogen and oxygen atoms in total. The van der Waals surface area contributed by atoms with E-state index in [0.717, 1.165) is 43.9 Å². The molecule has 0 bridgehead atoms. The maximum absolute atomic E-state index is 10.9. The monoisotopic (exact) mass is 272 g/mol. The number of amides is 1. The Balaban J connectivity index is 1.99. The highest BCUT2D eigenvalue weighted by Gasteiger charge is 2.22. The van der Waals surface area contributed by atoms with E-state index >= 15 is 0 Å². The fourth-order valence-electron chi connectivity index (χ4n) is 2.56. The highest BCUT2D eigenvalue weighted by molar-refractivity contribution is 5.72. The number of carbonyl (C=O) groups excluding carboxylic acids is 1. The minimum Gasteiger partial charge on any atom is -0.356 e. The summed E-state index contributed by atoms with van der Waals surface area (Å²) in [4.78, 5) is 17.5. The third-order valence-corrected chi connectivity index (χ3v) is 3.80. The molecule has 106 valence electrons. The van der Waals surface area contributed by atoms with Gasteiger partial charge in [0.15, 0.2) is 0 Å². The van der Waals surface area contributed by atoms with Crippen molar-refractivity contribution >= 4 is 11.7 Å². The SMILES string of the molecule is CC(=O)NCC1CCN(c2nccc(C)c2C#N)CC1. The number of nitrogens with one attached hydrogen (secondary N) is 1. The summed E-state index contributed by atoms with van der Waals surface area (Å²) in [6.45, 7) is 6.00. The number of hydrogen-bond donors (Lipinski definition) is 1. The number of nitriles is 1. The van der Waals surface area contributed by atoms with Crippen LogP contribution in [0.1, 0.15) is 30.9 Å². The highest BCUT2D eigenvalue weighted by atomic mass is 16.1. The van der Waals surface area contributed by atoms with Crippen molar-refractivity contribution in [3.8, 4) is 6.07 Å². The summed E-state index contributed by atoms with van der Waals surface area (Å²) in [6.07, 6.45) is 3.79. The Morgan fingerprint density at radius 3 is 2.85 bits per heavy atom. The van der Waals surface area contributed by atoms with Crippen molar-refractivity contribution in [2.75, 3.05) is 24.5 Å². The molecule has 2 rings (SSSR count). The lowest BCUT2D eigenvalue weighted by Crippen LogP contribution is -2.39. The second kappa shape index (κ2) is 6.38. The first-order valence-electron chi connectivity index (χ1n) is 6.97.